The van der Waals surface area contributed by atoms with Gasteiger partial charge in [-0.1, -0.05) is 30.2 Å². The van der Waals surface area contributed by atoms with Crippen LogP contribution in [0, 0.1) is 5.92 Å². The molecule has 0 saturated carbocycles. The van der Waals surface area contributed by atoms with Crippen LogP contribution in [0.15, 0.2) is 11.6 Å². The molecule has 0 bridgehead atoms. The smallest absolute Gasteiger partial charge is 0.310 e. The number of allylic oxidation sites excluding steroid dienone is 2. The number of esters is 1. The zero-order chi connectivity index (χ0) is 10.4. The Hall–Kier alpha value is -0.500. The summed E-state index contributed by atoms with van der Waals surface area (Å²) in [6.07, 6.45) is 2.73. The van der Waals surface area contributed by atoms with Crippen LogP contribution in [0.1, 0.15) is 34.1 Å². The minimum atomic E-state index is -0.541. The zero-order valence-electron chi connectivity index (χ0n) is 8.63. The van der Waals surface area contributed by atoms with Crippen molar-refractivity contribution in [1.82, 2.24) is 0 Å². The molecule has 0 amide bonds. The molecule has 2 nitrogen and oxygen atoms in total. The van der Waals surface area contributed by atoms with E-state index in [2.05, 4.69) is 0 Å². The molecule has 0 rings (SSSR count). The van der Waals surface area contributed by atoms with Gasteiger partial charge in [-0.15, -0.1) is 0 Å². The summed E-state index contributed by atoms with van der Waals surface area (Å²) in [7, 11) is 0. The molecular formula is C10H17ClO2. The highest BCUT2D eigenvalue weighted by atomic mass is 35.5. The Kier molecular flexibility index (Phi) is 5.80. The molecule has 0 saturated heterocycles. The minimum absolute atomic E-state index is 0.114. The van der Waals surface area contributed by atoms with Gasteiger partial charge in [0.15, 0.2) is 5.56 Å². The van der Waals surface area contributed by atoms with E-state index in [1.54, 1.807) is 6.92 Å². The highest BCUT2D eigenvalue weighted by Crippen LogP contribution is 2.13. The molecule has 76 valence electrons. The van der Waals surface area contributed by atoms with Crippen LogP contribution >= 0.6 is 11.6 Å². The molecule has 0 aromatic carbocycles. The summed E-state index contributed by atoms with van der Waals surface area (Å²) in [4.78, 5) is 11.3. The number of ether oxygens (including phenoxy) is 1. The second kappa shape index (κ2) is 6.03. The summed E-state index contributed by atoms with van der Waals surface area (Å²) < 4.78 is 4.86. The van der Waals surface area contributed by atoms with E-state index >= 15 is 0 Å². The first-order valence-corrected chi connectivity index (χ1v) is 4.87. The quantitative estimate of drug-likeness (QED) is 0.400. The van der Waals surface area contributed by atoms with Crippen LogP contribution < -0.4 is 0 Å². The third kappa shape index (κ3) is 5.69. The minimum Gasteiger partial charge on any atom is -0.446 e. The van der Waals surface area contributed by atoms with E-state index in [4.69, 9.17) is 16.3 Å². The van der Waals surface area contributed by atoms with Crippen molar-refractivity contribution in [2.45, 2.75) is 39.7 Å². The van der Waals surface area contributed by atoms with Crippen LogP contribution in [-0.2, 0) is 9.53 Å². The molecule has 0 heterocycles. The van der Waals surface area contributed by atoms with E-state index in [1.807, 2.05) is 26.8 Å². The molecule has 0 aromatic rings. The van der Waals surface area contributed by atoms with Crippen molar-refractivity contribution < 1.29 is 9.53 Å². The summed E-state index contributed by atoms with van der Waals surface area (Å²) in [5.74, 6) is -0.346. The Labute approximate surface area is 84.9 Å². The van der Waals surface area contributed by atoms with Crippen LogP contribution in [-0.4, -0.2) is 11.5 Å². The number of halogens is 1. The fraction of sp³-hybridized carbons (Fsp3) is 0.700. The van der Waals surface area contributed by atoms with Gasteiger partial charge in [0.25, 0.3) is 0 Å². The summed E-state index contributed by atoms with van der Waals surface area (Å²) in [5, 5.41) is 0. The molecule has 0 aliphatic carbocycles. The van der Waals surface area contributed by atoms with Gasteiger partial charge in [-0.25, -0.2) is 0 Å². The largest absolute Gasteiger partial charge is 0.446 e. The lowest BCUT2D eigenvalue weighted by Crippen LogP contribution is -2.17. The number of hydrogen-bond acceptors (Lipinski definition) is 2. The number of rotatable bonds is 4. The van der Waals surface area contributed by atoms with Crippen molar-refractivity contribution in [1.29, 1.82) is 0 Å². The van der Waals surface area contributed by atoms with Gasteiger partial charge in [0, 0.05) is 0 Å². The Morgan fingerprint density at radius 1 is 1.54 bits per heavy atom. The lowest BCUT2D eigenvalue weighted by atomic mass is 10.0. The molecule has 3 heteroatoms. The summed E-state index contributed by atoms with van der Waals surface area (Å²) >= 11 is 5.53. The highest BCUT2D eigenvalue weighted by Gasteiger charge is 2.16. The number of carbonyl (C=O) groups is 1. The van der Waals surface area contributed by atoms with Gasteiger partial charge >= 0.3 is 5.97 Å². The standard InChI is InChI=1S/C10H17ClO2/c1-5-7(2)6-8(3)10(12)13-9(4)11/h5,8-9H,6H2,1-4H3/b7-5+. The lowest BCUT2D eigenvalue weighted by Gasteiger charge is -2.12. The number of hydrogen-bond donors (Lipinski definition) is 0. The van der Waals surface area contributed by atoms with Crippen molar-refractivity contribution in [3.8, 4) is 0 Å². The van der Waals surface area contributed by atoms with E-state index in [0.29, 0.717) is 0 Å². The second-order valence-electron chi connectivity index (χ2n) is 3.22. The maximum absolute atomic E-state index is 11.3. The molecule has 0 N–H and O–H groups in total. The number of alkyl halides is 1. The fourth-order valence-corrected chi connectivity index (χ4v) is 1.05. The van der Waals surface area contributed by atoms with E-state index < -0.39 is 5.56 Å². The summed E-state index contributed by atoms with van der Waals surface area (Å²) in [6, 6.07) is 0. The van der Waals surface area contributed by atoms with Crippen LogP contribution in [0.25, 0.3) is 0 Å². The van der Waals surface area contributed by atoms with Crippen LogP contribution in [0.2, 0.25) is 0 Å². The topological polar surface area (TPSA) is 26.3 Å². The van der Waals surface area contributed by atoms with Crippen molar-refractivity contribution in [3.63, 3.8) is 0 Å². The van der Waals surface area contributed by atoms with E-state index in [0.717, 1.165) is 6.42 Å². The van der Waals surface area contributed by atoms with Gasteiger partial charge in [0.05, 0.1) is 5.92 Å². The van der Waals surface area contributed by atoms with Crippen molar-refractivity contribution in [3.05, 3.63) is 11.6 Å². The van der Waals surface area contributed by atoms with Crippen molar-refractivity contribution in [2.24, 2.45) is 5.92 Å². The molecule has 0 fully saturated rings. The predicted molar refractivity (Wildman–Crippen MR) is 54.6 cm³/mol. The maximum atomic E-state index is 11.3. The van der Waals surface area contributed by atoms with Crippen LogP contribution in [0.5, 0.6) is 0 Å². The average Bonchev–Trinajstić information content (AvgIpc) is 2.02. The van der Waals surface area contributed by atoms with Gasteiger partial charge in [-0.05, 0) is 27.2 Å². The average molecular weight is 205 g/mol. The Bertz CT molecular complexity index is 197. The second-order valence-corrected chi connectivity index (χ2v) is 3.83. The molecule has 0 aromatic heterocycles. The van der Waals surface area contributed by atoms with Crippen molar-refractivity contribution >= 4 is 17.6 Å². The van der Waals surface area contributed by atoms with E-state index in [-0.39, 0.29) is 11.9 Å². The van der Waals surface area contributed by atoms with Gasteiger partial charge < -0.3 is 4.74 Å². The fourth-order valence-electron chi connectivity index (χ4n) is 0.960. The molecule has 0 aliphatic heterocycles. The van der Waals surface area contributed by atoms with Crippen molar-refractivity contribution in [2.75, 3.05) is 0 Å². The van der Waals surface area contributed by atoms with Crippen LogP contribution in [0.4, 0.5) is 0 Å². The summed E-state index contributed by atoms with van der Waals surface area (Å²) in [5.41, 5.74) is 0.646. The third-order valence-corrected chi connectivity index (χ3v) is 1.89. The van der Waals surface area contributed by atoms with E-state index in [9.17, 15) is 4.79 Å². The normalized spacial score (nSPS) is 16.5. The van der Waals surface area contributed by atoms with E-state index in [1.165, 1.54) is 5.57 Å². The Morgan fingerprint density at radius 3 is 2.46 bits per heavy atom. The molecule has 0 aliphatic rings. The third-order valence-electron chi connectivity index (χ3n) is 1.80. The predicted octanol–water partition coefficient (Wildman–Crippen LogP) is 3.11. The molecule has 2 unspecified atom stereocenters. The summed E-state index contributed by atoms with van der Waals surface area (Å²) in [6.45, 7) is 7.43. The first-order chi connectivity index (χ1) is 5.97. The van der Waals surface area contributed by atoms with Gasteiger partial charge in [0.2, 0.25) is 0 Å². The lowest BCUT2D eigenvalue weighted by molar-refractivity contribution is -0.149. The number of carbonyl (C=O) groups excluding carboxylic acids is 1. The maximum Gasteiger partial charge on any atom is 0.310 e. The zero-order valence-corrected chi connectivity index (χ0v) is 9.39. The van der Waals surface area contributed by atoms with Gasteiger partial charge in [-0.2, -0.15) is 0 Å². The first-order valence-electron chi connectivity index (χ1n) is 4.43. The van der Waals surface area contributed by atoms with Crippen LogP contribution in [0.3, 0.4) is 0 Å². The Balaban J connectivity index is 3.97. The molecular weight excluding hydrogens is 188 g/mol. The van der Waals surface area contributed by atoms with Gasteiger partial charge in [0.1, 0.15) is 0 Å². The molecule has 2 atom stereocenters. The first kappa shape index (κ1) is 12.5. The Morgan fingerprint density at radius 2 is 2.08 bits per heavy atom. The molecule has 13 heavy (non-hydrogen) atoms. The van der Waals surface area contributed by atoms with Gasteiger partial charge in [-0.3, -0.25) is 4.79 Å². The highest BCUT2D eigenvalue weighted by molar-refractivity contribution is 6.19. The monoisotopic (exact) mass is 204 g/mol. The molecule has 0 radical (unpaired) electrons. The molecule has 0 spiro atoms. The SMILES string of the molecule is C/C=C(\C)CC(C)C(=O)OC(C)Cl.